The number of carboxylic acid groups (broad SMARTS) is 1. The van der Waals surface area contributed by atoms with Gasteiger partial charge in [0.2, 0.25) is 0 Å². The van der Waals surface area contributed by atoms with Gasteiger partial charge >= 0.3 is 5.97 Å². The summed E-state index contributed by atoms with van der Waals surface area (Å²) in [5, 5.41) is 8.89. The monoisotopic (exact) mass is 281 g/mol. The van der Waals surface area contributed by atoms with Gasteiger partial charge in [-0.3, -0.25) is 4.79 Å². The molecule has 3 rings (SSSR count). The summed E-state index contributed by atoms with van der Waals surface area (Å²) in [6.45, 7) is 3.08. The van der Waals surface area contributed by atoms with E-state index >= 15 is 0 Å². The predicted molar refractivity (Wildman–Crippen MR) is 76.7 cm³/mol. The molecule has 1 unspecified atom stereocenters. The first-order chi connectivity index (χ1) is 9.67. The van der Waals surface area contributed by atoms with Gasteiger partial charge in [0.1, 0.15) is 0 Å². The van der Waals surface area contributed by atoms with Crippen LogP contribution in [0.25, 0.3) is 0 Å². The number of carbonyl (C=O) groups is 1. The van der Waals surface area contributed by atoms with Crippen LogP contribution in [-0.4, -0.2) is 47.3 Å². The Labute approximate surface area is 121 Å². The van der Waals surface area contributed by atoms with Crippen molar-refractivity contribution in [2.75, 3.05) is 19.7 Å². The molecule has 20 heavy (non-hydrogen) atoms. The van der Waals surface area contributed by atoms with Gasteiger partial charge in [0, 0.05) is 19.1 Å². The molecule has 4 heteroatoms. The number of aliphatic carboxylic acids is 1. The molecule has 0 amide bonds. The molecule has 3 aliphatic rings. The largest absolute Gasteiger partial charge is 0.481 e. The van der Waals surface area contributed by atoms with Gasteiger partial charge in [0.25, 0.3) is 0 Å². The molecule has 1 atom stereocenters. The predicted octanol–water partition coefficient (Wildman–Crippen LogP) is 2.66. The van der Waals surface area contributed by atoms with Crippen LogP contribution >= 0.6 is 0 Å². The second-order valence-electron chi connectivity index (χ2n) is 6.96. The van der Waals surface area contributed by atoms with Crippen LogP contribution in [0.5, 0.6) is 0 Å². The first kappa shape index (κ1) is 14.3. The minimum Gasteiger partial charge on any atom is -0.481 e. The van der Waals surface area contributed by atoms with Gasteiger partial charge in [-0.15, -0.1) is 0 Å². The molecule has 0 aromatic rings. The lowest BCUT2D eigenvalue weighted by Crippen LogP contribution is -2.50. The minimum absolute atomic E-state index is 0.195. The number of nitrogens with zero attached hydrogens (tertiary/aromatic N) is 1. The molecule has 1 saturated carbocycles. The van der Waals surface area contributed by atoms with Crippen LogP contribution in [0, 0.1) is 5.92 Å². The maximum atomic E-state index is 10.8. The lowest BCUT2D eigenvalue weighted by molar-refractivity contribution is -0.138. The second kappa shape index (κ2) is 6.02. The van der Waals surface area contributed by atoms with Crippen molar-refractivity contribution in [2.24, 2.45) is 5.92 Å². The number of likely N-dealkylation sites (tertiary alicyclic amines) is 1. The molecule has 0 aromatic carbocycles. The minimum atomic E-state index is -0.639. The van der Waals surface area contributed by atoms with Crippen LogP contribution in [0.3, 0.4) is 0 Å². The molecule has 2 heterocycles. The number of ether oxygens (including phenoxy) is 1. The Morgan fingerprint density at radius 2 is 1.90 bits per heavy atom. The van der Waals surface area contributed by atoms with Gasteiger partial charge in [-0.25, -0.2) is 0 Å². The first-order valence-electron chi connectivity index (χ1n) is 8.27. The third-order valence-electron chi connectivity index (χ3n) is 5.61. The highest BCUT2D eigenvalue weighted by Crippen LogP contribution is 2.41. The smallest absolute Gasteiger partial charge is 0.303 e. The Morgan fingerprint density at radius 1 is 1.20 bits per heavy atom. The molecule has 1 N–H and O–H groups in total. The molecule has 2 aliphatic heterocycles. The Balaban J connectivity index is 1.51. The molecule has 0 radical (unpaired) electrons. The molecule has 114 valence electrons. The maximum Gasteiger partial charge on any atom is 0.303 e. The SMILES string of the molecule is O=C(O)CC1CCN(C2CCOC3(CCCC3)C2)CC1. The molecule has 0 bridgehead atoms. The van der Waals surface area contributed by atoms with E-state index in [0.717, 1.165) is 39.0 Å². The molecular weight excluding hydrogens is 254 g/mol. The van der Waals surface area contributed by atoms with E-state index in [9.17, 15) is 4.79 Å². The molecule has 4 nitrogen and oxygen atoms in total. The lowest BCUT2D eigenvalue weighted by atomic mass is 9.86. The van der Waals surface area contributed by atoms with E-state index < -0.39 is 5.97 Å². The van der Waals surface area contributed by atoms with Gasteiger partial charge in [-0.05, 0) is 57.5 Å². The molecule has 3 fully saturated rings. The van der Waals surface area contributed by atoms with E-state index in [1.807, 2.05) is 0 Å². The highest BCUT2D eigenvalue weighted by molar-refractivity contribution is 5.67. The molecule has 1 spiro atoms. The van der Waals surface area contributed by atoms with Crippen LogP contribution in [0.15, 0.2) is 0 Å². The van der Waals surface area contributed by atoms with Crippen molar-refractivity contribution < 1.29 is 14.6 Å². The van der Waals surface area contributed by atoms with Crippen molar-refractivity contribution in [3.63, 3.8) is 0 Å². The van der Waals surface area contributed by atoms with Crippen LogP contribution in [0.4, 0.5) is 0 Å². The summed E-state index contributed by atoms with van der Waals surface area (Å²) in [5.74, 6) is -0.247. The topological polar surface area (TPSA) is 49.8 Å². The van der Waals surface area contributed by atoms with Crippen LogP contribution in [-0.2, 0) is 9.53 Å². The van der Waals surface area contributed by atoms with Crippen molar-refractivity contribution in [3.8, 4) is 0 Å². The summed E-state index contributed by atoms with van der Waals surface area (Å²) < 4.78 is 6.12. The van der Waals surface area contributed by atoms with Gasteiger partial charge < -0.3 is 14.7 Å². The van der Waals surface area contributed by atoms with E-state index in [0.29, 0.717) is 18.4 Å². The number of piperidine rings is 1. The zero-order valence-electron chi connectivity index (χ0n) is 12.4. The van der Waals surface area contributed by atoms with Crippen molar-refractivity contribution in [1.29, 1.82) is 0 Å². The lowest BCUT2D eigenvalue weighted by Gasteiger charge is -2.45. The average molecular weight is 281 g/mol. The van der Waals surface area contributed by atoms with E-state index in [1.54, 1.807) is 0 Å². The van der Waals surface area contributed by atoms with Crippen molar-refractivity contribution in [3.05, 3.63) is 0 Å². The standard InChI is InChI=1S/C16H27NO3/c18-15(19)11-13-3-8-17(9-4-13)14-5-10-20-16(12-14)6-1-2-7-16/h13-14H,1-12H2,(H,18,19). The fourth-order valence-electron chi connectivity index (χ4n) is 4.45. The summed E-state index contributed by atoms with van der Waals surface area (Å²) in [4.78, 5) is 13.4. The zero-order valence-corrected chi connectivity index (χ0v) is 12.4. The number of rotatable bonds is 3. The fourth-order valence-corrected chi connectivity index (χ4v) is 4.45. The van der Waals surface area contributed by atoms with Crippen LogP contribution in [0.2, 0.25) is 0 Å². The van der Waals surface area contributed by atoms with Gasteiger partial charge in [-0.1, -0.05) is 12.8 Å². The molecule has 2 saturated heterocycles. The highest BCUT2D eigenvalue weighted by Gasteiger charge is 2.41. The Morgan fingerprint density at radius 3 is 2.55 bits per heavy atom. The maximum absolute atomic E-state index is 10.8. The fraction of sp³-hybridized carbons (Fsp3) is 0.938. The summed E-state index contributed by atoms with van der Waals surface area (Å²) in [6, 6.07) is 0.674. The van der Waals surface area contributed by atoms with Crippen molar-refractivity contribution >= 4 is 5.97 Å². The highest BCUT2D eigenvalue weighted by atomic mass is 16.5. The van der Waals surface area contributed by atoms with E-state index in [4.69, 9.17) is 9.84 Å². The number of carboxylic acids is 1. The Bertz CT molecular complexity index is 344. The second-order valence-corrected chi connectivity index (χ2v) is 6.96. The van der Waals surface area contributed by atoms with Crippen molar-refractivity contribution in [2.45, 2.75) is 69.4 Å². The molecular formula is C16H27NO3. The van der Waals surface area contributed by atoms with Crippen LogP contribution in [0.1, 0.15) is 57.8 Å². The van der Waals surface area contributed by atoms with Gasteiger partial charge in [-0.2, -0.15) is 0 Å². The first-order valence-corrected chi connectivity index (χ1v) is 8.27. The summed E-state index contributed by atoms with van der Waals surface area (Å²) >= 11 is 0. The molecule has 1 aliphatic carbocycles. The normalized spacial score (nSPS) is 31.7. The summed E-state index contributed by atoms with van der Waals surface area (Å²) in [7, 11) is 0. The Kier molecular flexibility index (Phi) is 4.32. The number of hydrogen-bond acceptors (Lipinski definition) is 3. The third kappa shape index (κ3) is 3.17. The summed E-state index contributed by atoms with van der Waals surface area (Å²) in [5.41, 5.74) is 0.195. The number of hydrogen-bond donors (Lipinski definition) is 1. The van der Waals surface area contributed by atoms with Gasteiger partial charge in [0.15, 0.2) is 0 Å². The third-order valence-corrected chi connectivity index (χ3v) is 5.61. The summed E-state index contributed by atoms with van der Waals surface area (Å²) in [6.07, 6.45) is 9.97. The van der Waals surface area contributed by atoms with Gasteiger partial charge in [0.05, 0.1) is 5.60 Å². The zero-order chi connectivity index (χ0) is 14.0. The van der Waals surface area contributed by atoms with Crippen molar-refractivity contribution in [1.82, 2.24) is 4.90 Å². The van der Waals surface area contributed by atoms with Crippen LogP contribution < -0.4 is 0 Å². The average Bonchev–Trinajstić information content (AvgIpc) is 2.87. The quantitative estimate of drug-likeness (QED) is 0.864. The Hall–Kier alpha value is -0.610. The van der Waals surface area contributed by atoms with E-state index in [1.165, 1.54) is 32.1 Å². The molecule has 0 aromatic heterocycles. The van der Waals surface area contributed by atoms with E-state index in [2.05, 4.69) is 4.90 Å². The van der Waals surface area contributed by atoms with E-state index in [-0.39, 0.29) is 5.60 Å².